The summed E-state index contributed by atoms with van der Waals surface area (Å²) in [6.45, 7) is 1.72. The van der Waals surface area contributed by atoms with Gasteiger partial charge in [0, 0.05) is 6.26 Å². The topological polar surface area (TPSA) is 89.3 Å². The van der Waals surface area contributed by atoms with Gasteiger partial charge in [-0.2, -0.15) is 0 Å². The van der Waals surface area contributed by atoms with E-state index in [0.717, 1.165) is 24.5 Å². The van der Waals surface area contributed by atoms with E-state index in [1.807, 2.05) is 0 Å². The monoisotopic (exact) mass is 274 g/mol. The summed E-state index contributed by atoms with van der Waals surface area (Å²) in [6.07, 6.45) is 1.41. The predicted molar refractivity (Wildman–Crippen MR) is 66.4 cm³/mol. The third-order valence-electron chi connectivity index (χ3n) is 2.40. The fourth-order valence-electron chi connectivity index (χ4n) is 1.24. The number of hydrogen-bond acceptors (Lipinski definition) is 4. The van der Waals surface area contributed by atoms with Crippen LogP contribution in [0.1, 0.15) is 13.3 Å². The van der Waals surface area contributed by atoms with E-state index in [9.17, 15) is 17.6 Å². The quantitative estimate of drug-likeness (QED) is 0.798. The molecule has 0 aliphatic rings. The van der Waals surface area contributed by atoms with Crippen LogP contribution in [0.5, 0.6) is 0 Å². The molecule has 1 rings (SSSR count). The van der Waals surface area contributed by atoms with Crippen LogP contribution in [-0.2, 0) is 14.6 Å². The van der Waals surface area contributed by atoms with Crippen LogP contribution < -0.4 is 11.1 Å². The maximum Gasteiger partial charge on any atom is 0.241 e. The Bertz CT molecular complexity index is 557. The molecule has 1 atom stereocenters. The molecular weight excluding hydrogens is 259 g/mol. The molecule has 0 fully saturated rings. The zero-order valence-electron chi connectivity index (χ0n) is 10.1. The fraction of sp³-hybridized carbons (Fsp3) is 0.364. The number of carbonyl (C=O) groups excluding carboxylic acids is 1. The van der Waals surface area contributed by atoms with Crippen LogP contribution in [0.25, 0.3) is 0 Å². The lowest BCUT2D eigenvalue weighted by Gasteiger charge is -2.11. The summed E-state index contributed by atoms with van der Waals surface area (Å²) >= 11 is 0. The van der Waals surface area contributed by atoms with Crippen molar-refractivity contribution >= 4 is 21.4 Å². The van der Waals surface area contributed by atoms with Gasteiger partial charge in [0.15, 0.2) is 9.84 Å². The normalized spacial score (nSPS) is 13.1. The number of benzene rings is 1. The van der Waals surface area contributed by atoms with Gasteiger partial charge in [0.25, 0.3) is 0 Å². The largest absolute Gasteiger partial charge is 0.322 e. The van der Waals surface area contributed by atoms with Crippen molar-refractivity contribution in [3.8, 4) is 0 Å². The van der Waals surface area contributed by atoms with Gasteiger partial charge >= 0.3 is 0 Å². The minimum absolute atomic E-state index is 0.0655. The minimum Gasteiger partial charge on any atom is -0.322 e. The van der Waals surface area contributed by atoms with Crippen LogP contribution in [0.15, 0.2) is 23.1 Å². The predicted octanol–water partition coefficient (Wildman–Crippen LogP) is 0.905. The molecule has 5 nitrogen and oxygen atoms in total. The third kappa shape index (κ3) is 3.51. The Kier molecular flexibility index (Phi) is 4.42. The Labute approximate surface area is 105 Å². The molecule has 0 saturated carbocycles. The van der Waals surface area contributed by atoms with E-state index in [-0.39, 0.29) is 10.6 Å². The molecular formula is C11H15FN2O3S. The van der Waals surface area contributed by atoms with Crippen LogP contribution in [0.4, 0.5) is 10.1 Å². The van der Waals surface area contributed by atoms with Gasteiger partial charge in [0.05, 0.1) is 16.6 Å². The first kappa shape index (κ1) is 14.6. The van der Waals surface area contributed by atoms with Gasteiger partial charge in [-0.3, -0.25) is 4.79 Å². The van der Waals surface area contributed by atoms with Crippen LogP contribution >= 0.6 is 0 Å². The number of hydrogen-bond donors (Lipinski definition) is 2. The van der Waals surface area contributed by atoms with Crippen molar-refractivity contribution in [2.75, 3.05) is 11.6 Å². The molecule has 100 valence electrons. The van der Waals surface area contributed by atoms with Gasteiger partial charge in [-0.15, -0.1) is 0 Å². The molecule has 0 unspecified atom stereocenters. The summed E-state index contributed by atoms with van der Waals surface area (Å²) in [5.74, 6) is -1.26. The van der Waals surface area contributed by atoms with Crippen molar-refractivity contribution in [3.63, 3.8) is 0 Å². The number of carbonyl (C=O) groups is 1. The summed E-state index contributed by atoms with van der Waals surface area (Å²) in [4.78, 5) is 11.4. The summed E-state index contributed by atoms with van der Waals surface area (Å²) < 4.78 is 36.1. The van der Waals surface area contributed by atoms with Gasteiger partial charge in [0.1, 0.15) is 5.82 Å². The molecule has 0 aliphatic heterocycles. The van der Waals surface area contributed by atoms with E-state index in [0.29, 0.717) is 6.42 Å². The van der Waals surface area contributed by atoms with E-state index >= 15 is 0 Å². The first-order valence-electron chi connectivity index (χ1n) is 5.31. The molecule has 0 aliphatic carbocycles. The van der Waals surface area contributed by atoms with Gasteiger partial charge in [0.2, 0.25) is 5.91 Å². The number of nitrogens with two attached hydrogens (primary N) is 1. The highest BCUT2D eigenvalue weighted by atomic mass is 32.2. The number of anilines is 1. The molecule has 3 N–H and O–H groups in total. The summed E-state index contributed by atoms with van der Waals surface area (Å²) in [5, 5.41) is 2.27. The average molecular weight is 274 g/mol. The second-order valence-electron chi connectivity index (χ2n) is 3.92. The fourth-order valence-corrected chi connectivity index (χ4v) is 1.89. The highest BCUT2D eigenvalue weighted by Gasteiger charge is 2.16. The second-order valence-corrected chi connectivity index (χ2v) is 5.93. The number of halogens is 1. The molecule has 0 aromatic heterocycles. The molecule has 0 bridgehead atoms. The van der Waals surface area contributed by atoms with Gasteiger partial charge in [-0.1, -0.05) is 6.92 Å². The smallest absolute Gasteiger partial charge is 0.241 e. The molecule has 0 saturated heterocycles. The Morgan fingerprint density at radius 2 is 2.11 bits per heavy atom. The van der Waals surface area contributed by atoms with Crippen LogP contribution in [-0.4, -0.2) is 26.6 Å². The van der Waals surface area contributed by atoms with Gasteiger partial charge in [-0.05, 0) is 24.6 Å². The van der Waals surface area contributed by atoms with Gasteiger partial charge < -0.3 is 11.1 Å². The second kappa shape index (κ2) is 5.45. The van der Waals surface area contributed by atoms with E-state index < -0.39 is 27.6 Å². The maximum atomic E-state index is 13.4. The lowest BCUT2D eigenvalue weighted by molar-refractivity contribution is -0.117. The Balaban J connectivity index is 3.06. The van der Waals surface area contributed by atoms with Crippen LogP contribution in [0, 0.1) is 5.82 Å². The number of sulfone groups is 1. The van der Waals surface area contributed by atoms with Crippen molar-refractivity contribution < 1.29 is 17.6 Å². The summed E-state index contributed by atoms with van der Waals surface area (Å²) in [5.41, 5.74) is 5.30. The van der Waals surface area contributed by atoms with Gasteiger partial charge in [-0.25, -0.2) is 12.8 Å². The zero-order chi connectivity index (χ0) is 13.9. The highest BCUT2D eigenvalue weighted by Crippen LogP contribution is 2.19. The number of nitrogens with one attached hydrogen (secondary N) is 1. The molecule has 0 radical (unpaired) electrons. The molecule has 18 heavy (non-hydrogen) atoms. The molecule has 0 heterocycles. The Morgan fingerprint density at radius 1 is 1.50 bits per heavy atom. The molecule has 0 spiro atoms. The summed E-state index contributed by atoms with van der Waals surface area (Å²) in [7, 11) is -3.45. The van der Waals surface area contributed by atoms with E-state index in [2.05, 4.69) is 5.32 Å². The van der Waals surface area contributed by atoms with Crippen LogP contribution in [0.3, 0.4) is 0 Å². The zero-order valence-corrected chi connectivity index (χ0v) is 10.9. The molecule has 1 amide bonds. The first-order chi connectivity index (χ1) is 8.25. The number of amides is 1. The third-order valence-corrected chi connectivity index (χ3v) is 3.51. The first-order valence-corrected chi connectivity index (χ1v) is 7.21. The van der Waals surface area contributed by atoms with Crippen molar-refractivity contribution in [1.29, 1.82) is 0 Å². The Hall–Kier alpha value is -1.47. The van der Waals surface area contributed by atoms with Crippen molar-refractivity contribution in [1.82, 2.24) is 0 Å². The van der Waals surface area contributed by atoms with Crippen molar-refractivity contribution in [2.24, 2.45) is 5.73 Å². The minimum atomic E-state index is -3.45. The van der Waals surface area contributed by atoms with E-state index in [1.54, 1.807) is 6.92 Å². The SMILES string of the molecule is CC[C@@H](N)C(=O)Nc1cc(S(C)(=O)=O)ccc1F. The van der Waals surface area contributed by atoms with Crippen molar-refractivity contribution in [3.05, 3.63) is 24.0 Å². The average Bonchev–Trinajstić information content (AvgIpc) is 2.29. The molecule has 1 aromatic carbocycles. The van der Waals surface area contributed by atoms with Crippen molar-refractivity contribution in [2.45, 2.75) is 24.3 Å². The van der Waals surface area contributed by atoms with E-state index in [1.165, 1.54) is 0 Å². The summed E-state index contributed by atoms with van der Waals surface area (Å²) in [6, 6.07) is 2.44. The number of rotatable bonds is 4. The van der Waals surface area contributed by atoms with Crippen LogP contribution in [0.2, 0.25) is 0 Å². The molecule has 7 heteroatoms. The van der Waals surface area contributed by atoms with E-state index in [4.69, 9.17) is 5.73 Å². The molecule has 1 aromatic rings. The maximum absolute atomic E-state index is 13.4. The lowest BCUT2D eigenvalue weighted by atomic mass is 10.2. The Morgan fingerprint density at radius 3 is 2.61 bits per heavy atom. The lowest BCUT2D eigenvalue weighted by Crippen LogP contribution is -2.35. The standard InChI is InChI=1S/C11H15FN2O3S/c1-3-9(13)11(15)14-10-6-7(18(2,16)17)4-5-8(10)12/h4-6,9H,3,13H2,1-2H3,(H,14,15)/t9-/m1/s1. The highest BCUT2D eigenvalue weighted by molar-refractivity contribution is 7.90.